The van der Waals surface area contributed by atoms with Crippen molar-refractivity contribution in [3.8, 4) is 0 Å². The van der Waals surface area contributed by atoms with Crippen LogP contribution in [-0.4, -0.2) is 3.79 Å². The number of rotatable bonds is 4. The molecule has 0 amide bonds. The smallest absolute Gasteiger partial charge is 0.192 e. The third-order valence-corrected chi connectivity index (χ3v) is 1.81. The molecule has 0 aliphatic carbocycles. The molecule has 10 heavy (non-hydrogen) atoms. The van der Waals surface area contributed by atoms with Gasteiger partial charge in [-0.1, -0.05) is 18.6 Å². The van der Waals surface area contributed by atoms with Crippen LogP contribution in [-0.2, 0) is 4.79 Å². The van der Waals surface area contributed by atoms with E-state index in [0.29, 0.717) is 6.42 Å². The Labute approximate surface area is 76.0 Å². The second-order valence-corrected chi connectivity index (χ2v) is 3.52. The van der Waals surface area contributed by atoms with Crippen molar-refractivity contribution in [3.05, 3.63) is 11.6 Å². The molecule has 0 radical (unpaired) electrons. The summed E-state index contributed by atoms with van der Waals surface area (Å²) in [6, 6.07) is 0. The van der Waals surface area contributed by atoms with Gasteiger partial charge in [-0.2, -0.15) is 0 Å². The van der Waals surface area contributed by atoms with E-state index in [2.05, 4.69) is 19.9 Å². The lowest BCUT2D eigenvalue weighted by Gasteiger charge is -1.95. The van der Waals surface area contributed by atoms with E-state index in [0.717, 1.165) is 12.8 Å². The van der Waals surface area contributed by atoms with E-state index in [1.165, 1.54) is 5.57 Å². The lowest BCUT2D eigenvalue weighted by molar-refractivity contribution is -0.109. The van der Waals surface area contributed by atoms with Crippen LogP contribution in [0, 0.1) is 0 Å². The zero-order chi connectivity index (χ0) is 7.98. The minimum atomic E-state index is 0.251. The van der Waals surface area contributed by atoms with Crippen molar-refractivity contribution in [2.45, 2.75) is 33.1 Å². The molecule has 0 aromatic heterocycles. The molecule has 0 spiro atoms. The normalized spacial score (nSPS) is 11.7. The molecule has 1 nitrogen and oxygen atoms in total. The Morgan fingerprint density at radius 3 is 2.50 bits per heavy atom. The van der Waals surface area contributed by atoms with Gasteiger partial charge in [0.25, 0.3) is 0 Å². The van der Waals surface area contributed by atoms with Crippen molar-refractivity contribution in [1.29, 1.82) is 0 Å². The van der Waals surface area contributed by atoms with Crippen LogP contribution in [0.4, 0.5) is 0 Å². The quantitative estimate of drug-likeness (QED) is 0.427. The molecular formula is C8H13IO. The zero-order valence-corrected chi connectivity index (χ0v) is 8.64. The average Bonchev–Trinajstić information content (AvgIpc) is 1.85. The van der Waals surface area contributed by atoms with Gasteiger partial charge in [-0.05, 0) is 42.4 Å². The zero-order valence-electron chi connectivity index (χ0n) is 6.48. The lowest BCUT2D eigenvalue weighted by Crippen LogP contribution is -1.85. The highest BCUT2D eigenvalue weighted by atomic mass is 127. The second-order valence-electron chi connectivity index (χ2n) is 2.31. The van der Waals surface area contributed by atoms with Gasteiger partial charge in [-0.25, -0.2) is 0 Å². The number of carbonyl (C=O) groups is 1. The molecule has 0 rings (SSSR count). The summed E-state index contributed by atoms with van der Waals surface area (Å²) in [6.45, 7) is 4.18. The summed E-state index contributed by atoms with van der Waals surface area (Å²) in [4.78, 5) is 10.5. The molecule has 0 aromatic rings. The first-order chi connectivity index (χ1) is 4.66. The van der Waals surface area contributed by atoms with Gasteiger partial charge in [0.15, 0.2) is 3.79 Å². The summed E-state index contributed by atoms with van der Waals surface area (Å²) in [6.07, 6.45) is 4.85. The Morgan fingerprint density at radius 2 is 2.10 bits per heavy atom. The summed E-state index contributed by atoms with van der Waals surface area (Å²) in [5.74, 6) is 0. The molecule has 0 aromatic carbocycles. The van der Waals surface area contributed by atoms with Crippen LogP contribution < -0.4 is 0 Å². The van der Waals surface area contributed by atoms with Crippen LogP contribution in [0.5, 0.6) is 0 Å². The fraction of sp³-hybridized carbons (Fsp3) is 0.625. The van der Waals surface area contributed by atoms with Crippen molar-refractivity contribution >= 4 is 26.4 Å². The maximum atomic E-state index is 10.5. The minimum Gasteiger partial charge on any atom is -0.288 e. The van der Waals surface area contributed by atoms with Gasteiger partial charge in [0.05, 0.1) is 0 Å². The summed E-state index contributed by atoms with van der Waals surface area (Å²) < 4.78 is 0.251. The molecular weight excluding hydrogens is 239 g/mol. The monoisotopic (exact) mass is 252 g/mol. The topological polar surface area (TPSA) is 17.1 Å². The fourth-order valence-corrected chi connectivity index (χ4v) is 1.02. The Morgan fingerprint density at radius 1 is 1.50 bits per heavy atom. The average molecular weight is 252 g/mol. The highest BCUT2D eigenvalue weighted by molar-refractivity contribution is 14.1. The van der Waals surface area contributed by atoms with Crippen molar-refractivity contribution in [2.24, 2.45) is 0 Å². The highest BCUT2D eigenvalue weighted by Gasteiger charge is 1.94. The van der Waals surface area contributed by atoms with E-state index >= 15 is 0 Å². The largest absolute Gasteiger partial charge is 0.288 e. The van der Waals surface area contributed by atoms with Crippen molar-refractivity contribution in [1.82, 2.24) is 0 Å². The minimum absolute atomic E-state index is 0.251. The third kappa shape index (κ3) is 6.26. The van der Waals surface area contributed by atoms with E-state index in [4.69, 9.17) is 0 Å². The molecule has 0 bridgehead atoms. The number of halogens is 1. The molecule has 0 unspecified atom stereocenters. The second kappa shape index (κ2) is 5.89. The Kier molecular flexibility index (Phi) is 5.97. The van der Waals surface area contributed by atoms with Gasteiger partial charge in [0.2, 0.25) is 0 Å². The summed E-state index contributed by atoms with van der Waals surface area (Å²) in [7, 11) is 0. The molecule has 0 aliphatic heterocycles. The van der Waals surface area contributed by atoms with Crippen LogP contribution in [0.25, 0.3) is 0 Å². The van der Waals surface area contributed by atoms with Crippen molar-refractivity contribution < 1.29 is 4.79 Å². The van der Waals surface area contributed by atoms with Gasteiger partial charge < -0.3 is 0 Å². The van der Waals surface area contributed by atoms with E-state index in [-0.39, 0.29) is 3.79 Å². The molecule has 0 heterocycles. The lowest BCUT2D eigenvalue weighted by atomic mass is 10.1. The van der Waals surface area contributed by atoms with Crippen LogP contribution in [0.15, 0.2) is 11.6 Å². The van der Waals surface area contributed by atoms with Crippen LogP contribution >= 0.6 is 22.6 Å². The van der Waals surface area contributed by atoms with Crippen molar-refractivity contribution in [3.63, 3.8) is 0 Å². The van der Waals surface area contributed by atoms with Gasteiger partial charge in [0, 0.05) is 6.42 Å². The molecule has 58 valence electrons. The Hall–Kier alpha value is 0.140. The maximum Gasteiger partial charge on any atom is 0.192 e. The molecule has 0 saturated heterocycles. The molecule has 0 atom stereocenters. The summed E-state index contributed by atoms with van der Waals surface area (Å²) in [5, 5.41) is 0. The molecule has 0 fully saturated rings. The van der Waals surface area contributed by atoms with Crippen molar-refractivity contribution in [2.75, 3.05) is 0 Å². The molecule has 0 N–H and O–H groups in total. The van der Waals surface area contributed by atoms with Crippen LogP contribution in [0.2, 0.25) is 0 Å². The number of carbonyl (C=O) groups excluding carboxylic acids is 1. The first kappa shape index (κ1) is 10.1. The SMILES string of the molecule is CC/C=C(\C)CCC(=O)I. The molecule has 0 saturated carbocycles. The fourth-order valence-electron chi connectivity index (χ4n) is 0.746. The summed E-state index contributed by atoms with van der Waals surface area (Å²) in [5.41, 5.74) is 1.33. The molecule has 0 aliphatic rings. The van der Waals surface area contributed by atoms with Gasteiger partial charge in [0.1, 0.15) is 0 Å². The van der Waals surface area contributed by atoms with Gasteiger partial charge >= 0.3 is 0 Å². The number of allylic oxidation sites excluding steroid dienone is 2. The van der Waals surface area contributed by atoms with Crippen LogP contribution in [0.3, 0.4) is 0 Å². The first-order valence-electron chi connectivity index (χ1n) is 3.50. The van der Waals surface area contributed by atoms with E-state index in [1.54, 1.807) is 0 Å². The number of hydrogen-bond donors (Lipinski definition) is 0. The number of hydrogen-bond acceptors (Lipinski definition) is 1. The van der Waals surface area contributed by atoms with Crippen LogP contribution in [0.1, 0.15) is 33.1 Å². The predicted molar refractivity (Wildman–Crippen MR) is 52.3 cm³/mol. The van der Waals surface area contributed by atoms with E-state index < -0.39 is 0 Å². The maximum absolute atomic E-state index is 10.5. The molecule has 2 heteroatoms. The van der Waals surface area contributed by atoms with E-state index in [1.807, 2.05) is 22.6 Å². The van der Waals surface area contributed by atoms with Gasteiger partial charge in [-0.3, -0.25) is 4.79 Å². The third-order valence-electron chi connectivity index (χ3n) is 1.27. The predicted octanol–water partition coefficient (Wildman–Crippen LogP) is 3.08. The first-order valence-corrected chi connectivity index (χ1v) is 4.58. The van der Waals surface area contributed by atoms with E-state index in [9.17, 15) is 4.79 Å². The highest BCUT2D eigenvalue weighted by Crippen LogP contribution is 2.07. The Bertz CT molecular complexity index is 138. The standard InChI is InChI=1S/C8H13IO/c1-3-4-7(2)5-6-8(9)10/h4H,3,5-6H2,1-2H3/b7-4+. The van der Waals surface area contributed by atoms with Gasteiger partial charge in [-0.15, -0.1) is 0 Å². The summed E-state index contributed by atoms with van der Waals surface area (Å²) >= 11 is 1.84. The Balaban J connectivity index is 3.48.